The van der Waals surface area contributed by atoms with Crippen molar-refractivity contribution in [1.29, 1.82) is 0 Å². The summed E-state index contributed by atoms with van der Waals surface area (Å²) in [5.41, 5.74) is 1.05. The number of aromatic nitrogens is 1. The third-order valence-electron chi connectivity index (χ3n) is 3.96. The van der Waals surface area contributed by atoms with Crippen LogP contribution in [0.5, 0.6) is 0 Å². The maximum Gasteiger partial charge on any atom is 0.252 e. The summed E-state index contributed by atoms with van der Waals surface area (Å²) >= 11 is 0. The average Bonchev–Trinajstić information content (AvgIpc) is 2.86. The molecule has 0 fully saturated rings. The van der Waals surface area contributed by atoms with E-state index in [2.05, 4.69) is 10.5 Å². The van der Waals surface area contributed by atoms with Crippen molar-refractivity contribution in [1.82, 2.24) is 14.8 Å². The van der Waals surface area contributed by atoms with Gasteiger partial charge in [0, 0.05) is 25.2 Å². The van der Waals surface area contributed by atoms with Gasteiger partial charge in [0.15, 0.2) is 0 Å². The molecule has 25 heavy (non-hydrogen) atoms. The highest BCUT2D eigenvalue weighted by atomic mass is 32.2. The molecule has 1 amide bonds. The molecule has 0 unspecified atom stereocenters. The first-order chi connectivity index (χ1) is 11.5. The van der Waals surface area contributed by atoms with E-state index in [1.165, 1.54) is 26.2 Å². The molecule has 0 bridgehead atoms. The molecule has 0 aliphatic rings. The van der Waals surface area contributed by atoms with Crippen LogP contribution in [0, 0.1) is 13.8 Å². The lowest BCUT2D eigenvalue weighted by Gasteiger charge is -2.26. The van der Waals surface area contributed by atoms with Crippen LogP contribution in [0.4, 0.5) is 0 Å². The smallest absolute Gasteiger partial charge is 0.252 e. The fraction of sp³-hybridized carbons (Fsp3) is 0.412. The maximum atomic E-state index is 12.7. The average molecular weight is 365 g/mol. The molecule has 0 atom stereocenters. The van der Waals surface area contributed by atoms with Crippen molar-refractivity contribution in [3.8, 4) is 0 Å². The highest BCUT2D eigenvalue weighted by Gasteiger charge is 2.30. The predicted octanol–water partition coefficient (Wildman–Crippen LogP) is 2.21. The lowest BCUT2D eigenvalue weighted by atomic mass is 9.92. The van der Waals surface area contributed by atoms with E-state index >= 15 is 0 Å². The first-order valence-corrected chi connectivity index (χ1v) is 9.19. The number of sulfonamides is 1. The standard InChI is InChI=1S/C17H23N3O4S/c1-11-15(12(2)24-19-11)17(3,4)18-16(21)13-8-7-9-14(10-13)25(22,23)20(5)6/h7-10H,1-6H3,(H,18,21). The lowest BCUT2D eigenvalue weighted by molar-refractivity contribution is 0.0911. The van der Waals surface area contributed by atoms with Gasteiger partial charge in [0.25, 0.3) is 5.91 Å². The van der Waals surface area contributed by atoms with Crippen molar-refractivity contribution in [3.63, 3.8) is 0 Å². The van der Waals surface area contributed by atoms with E-state index in [0.29, 0.717) is 11.5 Å². The zero-order valence-corrected chi connectivity index (χ0v) is 16.1. The van der Waals surface area contributed by atoms with Gasteiger partial charge in [0.1, 0.15) is 5.76 Å². The Labute approximate surface area is 148 Å². The van der Waals surface area contributed by atoms with Crippen LogP contribution in [0.2, 0.25) is 0 Å². The van der Waals surface area contributed by atoms with Crippen molar-refractivity contribution in [2.45, 2.75) is 38.1 Å². The Morgan fingerprint density at radius 2 is 1.88 bits per heavy atom. The lowest BCUT2D eigenvalue weighted by Crippen LogP contribution is -2.41. The topological polar surface area (TPSA) is 92.5 Å². The van der Waals surface area contributed by atoms with Crippen LogP contribution in [-0.4, -0.2) is 37.9 Å². The number of nitrogens with one attached hydrogen (secondary N) is 1. The maximum absolute atomic E-state index is 12.7. The van der Waals surface area contributed by atoms with E-state index in [0.717, 1.165) is 9.87 Å². The molecule has 8 heteroatoms. The summed E-state index contributed by atoms with van der Waals surface area (Å²) in [6, 6.07) is 5.96. The Morgan fingerprint density at radius 1 is 1.24 bits per heavy atom. The summed E-state index contributed by atoms with van der Waals surface area (Å²) in [5.74, 6) is 0.257. The van der Waals surface area contributed by atoms with Gasteiger partial charge in [-0.1, -0.05) is 11.2 Å². The molecular formula is C17H23N3O4S. The third-order valence-corrected chi connectivity index (χ3v) is 5.77. The monoisotopic (exact) mass is 365 g/mol. The molecule has 0 spiro atoms. The first-order valence-electron chi connectivity index (χ1n) is 7.75. The van der Waals surface area contributed by atoms with Gasteiger partial charge in [-0.05, 0) is 45.9 Å². The number of nitrogens with zero attached hydrogens (tertiary/aromatic N) is 2. The van der Waals surface area contributed by atoms with Crippen LogP contribution in [0.15, 0.2) is 33.7 Å². The summed E-state index contributed by atoms with van der Waals surface area (Å²) in [7, 11) is -0.711. The fourth-order valence-corrected chi connectivity index (χ4v) is 3.75. The number of hydrogen-bond donors (Lipinski definition) is 1. The number of carbonyl (C=O) groups excluding carboxylic acids is 1. The molecule has 0 aliphatic carbocycles. The zero-order valence-electron chi connectivity index (χ0n) is 15.2. The molecule has 0 radical (unpaired) electrons. The van der Waals surface area contributed by atoms with Gasteiger partial charge < -0.3 is 9.84 Å². The van der Waals surface area contributed by atoms with E-state index in [-0.39, 0.29) is 16.4 Å². The van der Waals surface area contributed by atoms with E-state index in [9.17, 15) is 13.2 Å². The summed E-state index contributed by atoms with van der Waals surface area (Å²) in [4.78, 5) is 12.7. The van der Waals surface area contributed by atoms with Gasteiger partial charge >= 0.3 is 0 Å². The SMILES string of the molecule is Cc1noc(C)c1C(C)(C)NC(=O)c1cccc(S(=O)(=O)N(C)C)c1. The highest BCUT2D eigenvalue weighted by Crippen LogP contribution is 2.27. The van der Waals surface area contributed by atoms with Crippen molar-refractivity contribution in [2.75, 3.05) is 14.1 Å². The molecule has 136 valence electrons. The molecule has 0 saturated heterocycles. The van der Waals surface area contributed by atoms with E-state index < -0.39 is 15.6 Å². The van der Waals surface area contributed by atoms with Crippen LogP contribution in [-0.2, 0) is 15.6 Å². The van der Waals surface area contributed by atoms with Gasteiger partial charge in [-0.3, -0.25) is 4.79 Å². The fourth-order valence-electron chi connectivity index (χ4n) is 2.80. The van der Waals surface area contributed by atoms with Crippen LogP contribution in [0.25, 0.3) is 0 Å². The summed E-state index contributed by atoms with van der Waals surface area (Å²) in [6.07, 6.45) is 0. The summed E-state index contributed by atoms with van der Waals surface area (Å²) in [6.45, 7) is 7.28. The Hall–Kier alpha value is -2.19. The Kier molecular flexibility index (Phi) is 5.06. The Balaban J connectivity index is 2.33. The molecule has 1 N–H and O–H groups in total. The van der Waals surface area contributed by atoms with Gasteiger partial charge in [0.2, 0.25) is 10.0 Å². The normalized spacial score (nSPS) is 12.4. The molecule has 2 rings (SSSR count). The number of aryl methyl sites for hydroxylation is 2. The minimum atomic E-state index is -3.60. The van der Waals surface area contributed by atoms with Crippen molar-refractivity contribution in [2.24, 2.45) is 0 Å². The molecule has 0 aliphatic heterocycles. The number of benzene rings is 1. The van der Waals surface area contributed by atoms with Crippen molar-refractivity contribution < 1.29 is 17.7 Å². The van der Waals surface area contributed by atoms with Crippen LogP contribution in [0.3, 0.4) is 0 Å². The zero-order chi connectivity index (χ0) is 19.0. The third kappa shape index (κ3) is 3.74. The molecule has 2 aromatic rings. The Morgan fingerprint density at radius 3 is 2.40 bits per heavy atom. The number of amides is 1. The first kappa shape index (κ1) is 19.1. The van der Waals surface area contributed by atoms with E-state index in [1.807, 2.05) is 20.8 Å². The summed E-state index contributed by atoms with van der Waals surface area (Å²) in [5, 5.41) is 6.83. The van der Waals surface area contributed by atoms with Gasteiger partial charge in [0.05, 0.1) is 16.1 Å². The van der Waals surface area contributed by atoms with Gasteiger partial charge in [-0.2, -0.15) is 0 Å². The van der Waals surface area contributed by atoms with Crippen LogP contribution < -0.4 is 5.32 Å². The van der Waals surface area contributed by atoms with Crippen LogP contribution >= 0.6 is 0 Å². The van der Waals surface area contributed by atoms with Crippen molar-refractivity contribution >= 4 is 15.9 Å². The summed E-state index contributed by atoms with van der Waals surface area (Å²) < 4.78 is 30.8. The second-order valence-corrected chi connectivity index (χ2v) is 8.75. The molecule has 1 aromatic carbocycles. The largest absolute Gasteiger partial charge is 0.361 e. The second kappa shape index (κ2) is 6.61. The number of hydrogen-bond acceptors (Lipinski definition) is 5. The van der Waals surface area contributed by atoms with E-state index in [4.69, 9.17) is 4.52 Å². The van der Waals surface area contributed by atoms with Crippen molar-refractivity contribution in [3.05, 3.63) is 46.8 Å². The van der Waals surface area contributed by atoms with E-state index in [1.54, 1.807) is 19.1 Å². The quantitative estimate of drug-likeness (QED) is 0.877. The molecule has 1 heterocycles. The predicted molar refractivity (Wildman–Crippen MR) is 93.8 cm³/mol. The molecular weight excluding hydrogens is 342 g/mol. The second-order valence-electron chi connectivity index (χ2n) is 6.59. The van der Waals surface area contributed by atoms with Gasteiger partial charge in [-0.15, -0.1) is 0 Å². The number of carbonyl (C=O) groups is 1. The highest BCUT2D eigenvalue weighted by molar-refractivity contribution is 7.89. The number of rotatable bonds is 5. The minimum Gasteiger partial charge on any atom is -0.361 e. The minimum absolute atomic E-state index is 0.0697. The Bertz CT molecular complexity index is 879. The van der Waals surface area contributed by atoms with Crippen LogP contribution in [0.1, 0.15) is 41.2 Å². The molecule has 0 saturated carbocycles. The molecule has 7 nitrogen and oxygen atoms in total. The van der Waals surface area contributed by atoms with Gasteiger partial charge in [-0.25, -0.2) is 12.7 Å². The molecule has 1 aromatic heterocycles.